The average molecular weight is 756 g/mol. The standard InChI is InChI=1S/C34H57N7O10S/c1-7-50-31(44)27(39-52(48,49)29-22(2)37-38-23(29)3)20-35-28(42)21-36-30(43)26(10-8-24-12-16-40(17-13-24)32(45)46)11-9-25-14-18-41(19-15-25)33(47)51-34(4,5)6/h24-27,39H,7-21H2,1-6H3,(H,35,42)(H,36,43)(H,37,38)(H,45,46)/t26?,27-/m0/s1. The number of carbonyl (C=O) groups is 5. The van der Waals surface area contributed by atoms with Gasteiger partial charge >= 0.3 is 18.2 Å². The van der Waals surface area contributed by atoms with Crippen molar-refractivity contribution in [2.75, 3.05) is 45.9 Å². The van der Waals surface area contributed by atoms with E-state index in [1.165, 1.54) is 18.7 Å². The van der Waals surface area contributed by atoms with Gasteiger partial charge in [-0.05, 0) is 105 Å². The third kappa shape index (κ3) is 13.2. The molecule has 294 valence electrons. The van der Waals surface area contributed by atoms with Crippen LogP contribution >= 0.6 is 0 Å². The number of H-pyrrole nitrogens is 1. The van der Waals surface area contributed by atoms with Crippen molar-refractivity contribution < 1.29 is 47.0 Å². The van der Waals surface area contributed by atoms with Gasteiger partial charge in [0.1, 0.15) is 16.5 Å². The molecule has 0 aromatic carbocycles. The van der Waals surface area contributed by atoms with Crippen molar-refractivity contribution in [2.24, 2.45) is 17.8 Å². The second kappa shape index (κ2) is 19.2. The molecule has 1 unspecified atom stereocenters. The topological polar surface area (TPSA) is 229 Å². The number of amides is 4. The van der Waals surface area contributed by atoms with E-state index in [4.69, 9.17) is 9.47 Å². The van der Waals surface area contributed by atoms with E-state index in [0.29, 0.717) is 44.9 Å². The number of ether oxygens (including phenoxy) is 2. The van der Waals surface area contributed by atoms with Gasteiger partial charge in [-0.2, -0.15) is 9.82 Å². The number of aromatic nitrogens is 2. The monoisotopic (exact) mass is 755 g/mol. The van der Waals surface area contributed by atoms with Gasteiger partial charge in [0.05, 0.1) is 24.5 Å². The molecule has 1 aromatic heterocycles. The van der Waals surface area contributed by atoms with Crippen molar-refractivity contribution in [3.8, 4) is 0 Å². The number of hydrogen-bond acceptors (Lipinski definition) is 10. The van der Waals surface area contributed by atoms with Crippen LogP contribution in [0.4, 0.5) is 9.59 Å². The van der Waals surface area contributed by atoms with Crippen LogP contribution in [0.5, 0.6) is 0 Å². The van der Waals surface area contributed by atoms with Gasteiger partial charge in [-0.25, -0.2) is 18.0 Å². The van der Waals surface area contributed by atoms with E-state index < -0.39 is 52.1 Å². The number of carboxylic acid groups (broad SMARTS) is 1. The molecule has 2 fully saturated rings. The molecule has 2 aliphatic heterocycles. The van der Waals surface area contributed by atoms with E-state index >= 15 is 0 Å². The molecule has 2 saturated heterocycles. The van der Waals surface area contributed by atoms with Crippen LogP contribution in [-0.4, -0.2) is 121 Å². The molecule has 5 N–H and O–H groups in total. The van der Waals surface area contributed by atoms with Crippen LogP contribution in [0, 0.1) is 31.6 Å². The molecule has 2 atom stereocenters. The normalized spacial score (nSPS) is 17.3. The SMILES string of the molecule is CCOC(=O)[C@H](CNC(=O)CNC(=O)C(CCC1CCN(C(=O)O)CC1)CCC1CCN(C(=O)OC(C)(C)C)CC1)NS(=O)(=O)c1c(C)n[nH]c1C. The molecule has 0 radical (unpaired) electrons. The molecule has 3 rings (SSSR count). The Bertz CT molecular complexity index is 1470. The number of sulfonamides is 1. The van der Waals surface area contributed by atoms with Gasteiger partial charge < -0.3 is 35.0 Å². The predicted molar refractivity (Wildman–Crippen MR) is 190 cm³/mol. The maximum atomic E-state index is 13.5. The highest BCUT2D eigenvalue weighted by Crippen LogP contribution is 2.29. The van der Waals surface area contributed by atoms with Crippen LogP contribution in [0.3, 0.4) is 0 Å². The number of carbonyl (C=O) groups excluding carboxylic acids is 4. The molecule has 0 bridgehead atoms. The van der Waals surface area contributed by atoms with Crippen molar-refractivity contribution in [3.63, 3.8) is 0 Å². The summed E-state index contributed by atoms with van der Waals surface area (Å²) in [6.07, 6.45) is 4.41. The van der Waals surface area contributed by atoms with Gasteiger partial charge in [0, 0.05) is 38.6 Å². The molecule has 17 nitrogen and oxygen atoms in total. The first-order valence-electron chi connectivity index (χ1n) is 18.1. The van der Waals surface area contributed by atoms with Crippen LogP contribution in [0.15, 0.2) is 4.90 Å². The van der Waals surface area contributed by atoms with Crippen molar-refractivity contribution in [2.45, 2.75) is 109 Å². The van der Waals surface area contributed by atoms with Gasteiger partial charge in [-0.15, -0.1) is 0 Å². The summed E-state index contributed by atoms with van der Waals surface area (Å²) in [4.78, 5) is 65.8. The van der Waals surface area contributed by atoms with E-state index in [-0.39, 0.29) is 47.4 Å². The number of aromatic amines is 1. The Labute approximate surface area is 306 Å². The summed E-state index contributed by atoms with van der Waals surface area (Å²) in [6, 6.07) is -1.43. The first-order chi connectivity index (χ1) is 24.4. The maximum Gasteiger partial charge on any atom is 0.410 e. The maximum absolute atomic E-state index is 13.5. The van der Waals surface area contributed by atoms with Crippen LogP contribution in [-0.2, 0) is 33.9 Å². The average Bonchev–Trinajstić information content (AvgIpc) is 3.43. The summed E-state index contributed by atoms with van der Waals surface area (Å²) in [7, 11) is -4.20. The summed E-state index contributed by atoms with van der Waals surface area (Å²) < 4.78 is 39.0. The largest absolute Gasteiger partial charge is 0.465 e. The number of piperidine rings is 2. The first kappa shape index (κ1) is 42.5. The quantitative estimate of drug-likeness (QED) is 0.154. The van der Waals surface area contributed by atoms with E-state index in [9.17, 15) is 37.5 Å². The number of aryl methyl sites for hydroxylation is 2. The van der Waals surface area contributed by atoms with Gasteiger partial charge in [0.2, 0.25) is 21.8 Å². The number of nitrogens with zero attached hydrogens (tertiary/aromatic N) is 3. The van der Waals surface area contributed by atoms with Crippen molar-refractivity contribution >= 4 is 40.0 Å². The molecule has 4 amide bonds. The second-order valence-corrected chi connectivity index (χ2v) is 16.3. The smallest absolute Gasteiger partial charge is 0.410 e. The molecule has 3 heterocycles. The molecular weight excluding hydrogens is 698 g/mol. The summed E-state index contributed by atoms with van der Waals surface area (Å²) in [5.41, 5.74) is -0.0775. The summed E-state index contributed by atoms with van der Waals surface area (Å²) >= 11 is 0. The minimum absolute atomic E-state index is 0.00620. The van der Waals surface area contributed by atoms with Crippen LogP contribution in [0.25, 0.3) is 0 Å². The van der Waals surface area contributed by atoms with Gasteiger partial charge in [-0.3, -0.25) is 19.5 Å². The van der Waals surface area contributed by atoms with Crippen LogP contribution < -0.4 is 15.4 Å². The Kier molecular flexibility index (Phi) is 15.7. The lowest BCUT2D eigenvalue weighted by molar-refractivity contribution is -0.145. The van der Waals surface area contributed by atoms with E-state index in [2.05, 4.69) is 25.6 Å². The minimum Gasteiger partial charge on any atom is -0.465 e. The molecule has 2 aliphatic rings. The van der Waals surface area contributed by atoms with E-state index in [0.717, 1.165) is 38.5 Å². The Hall–Kier alpha value is -3.93. The Morgan fingerprint density at radius 2 is 1.50 bits per heavy atom. The Morgan fingerprint density at radius 3 is 1.98 bits per heavy atom. The molecular formula is C34H57N7O10S. The van der Waals surface area contributed by atoms with E-state index in [1.54, 1.807) is 11.8 Å². The number of nitrogens with one attached hydrogen (secondary N) is 4. The van der Waals surface area contributed by atoms with E-state index in [1.807, 2.05) is 20.8 Å². The lowest BCUT2D eigenvalue weighted by atomic mass is 9.84. The third-order valence-electron chi connectivity index (χ3n) is 9.49. The Balaban J connectivity index is 1.57. The minimum atomic E-state index is -4.20. The zero-order valence-corrected chi connectivity index (χ0v) is 32.1. The first-order valence-corrected chi connectivity index (χ1v) is 19.6. The van der Waals surface area contributed by atoms with Crippen LogP contribution in [0.1, 0.15) is 90.4 Å². The highest BCUT2D eigenvalue weighted by atomic mass is 32.2. The summed E-state index contributed by atoms with van der Waals surface area (Å²) in [5, 5.41) is 21.0. The van der Waals surface area contributed by atoms with Gasteiger partial charge in [0.15, 0.2) is 0 Å². The fourth-order valence-electron chi connectivity index (χ4n) is 6.61. The van der Waals surface area contributed by atoms with Crippen molar-refractivity contribution in [3.05, 3.63) is 11.4 Å². The Morgan fingerprint density at radius 1 is 0.942 bits per heavy atom. The number of hydrogen-bond donors (Lipinski definition) is 5. The fourth-order valence-corrected chi connectivity index (χ4v) is 8.17. The lowest BCUT2D eigenvalue weighted by Gasteiger charge is -2.34. The zero-order valence-electron chi connectivity index (χ0n) is 31.3. The van der Waals surface area contributed by atoms with Crippen LogP contribution in [0.2, 0.25) is 0 Å². The highest BCUT2D eigenvalue weighted by molar-refractivity contribution is 7.89. The molecule has 0 saturated carbocycles. The van der Waals surface area contributed by atoms with Gasteiger partial charge in [-0.1, -0.05) is 0 Å². The molecule has 1 aromatic rings. The number of esters is 1. The summed E-state index contributed by atoms with van der Waals surface area (Å²) in [5.74, 6) is -1.58. The van der Waals surface area contributed by atoms with Crippen molar-refractivity contribution in [1.29, 1.82) is 0 Å². The molecule has 0 aliphatic carbocycles. The fraction of sp³-hybridized carbons (Fsp3) is 0.765. The van der Waals surface area contributed by atoms with Crippen molar-refractivity contribution in [1.82, 2.24) is 35.4 Å². The summed E-state index contributed by atoms with van der Waals surface area (Å²) in [6.45, 7) is 11.4. The number of rotatable bonds is 16. The molecule has 0 spiro atoms. The second-order valence-electron chi connectivity index (χ2n) is 14.7. The third-order valence-corrected chi connectivity index (χ3v) is 11.2. The number of likely N-dealkylation sites (tertiary alicyclic amines) is 2. The lowest BCUT2D eigenvalue weighted by Crippen LogP contribution is -2.50. The highest BCUT2D eigenvalue weighted by Gasteiger charge is 2.32. The molecule has 52 heavy (non-hydrogen) atoms. The zero-order chi connectivity index (χ0) is 38.6. The van der Waals surface area contributed by atoms with Gasteiger partial charge in [0.25, 0.3) is 0 Å². The predicted octanol–water partition coefficient (Wildman–Crippen LogP) is 2.68. The molecule has 18 heteroatoms.